The first kappa shape index (κ1) is 24.2. The zero-order chi connectivity index (χ0) is 25.9. The van der Waals surface area contributed by atoms with Gasteiger partial charge < -0.3 is 20.1 Å². The van der Waals surface area contributed by atoms with Gasteiger partial charge in [0.1, 0.15) is 11.6 Å². The highest BCUT2D eigenvalue weighted by atomic mass is 35.5. The number of nitrogens with one attached hydrogen (secondary N) is 2. The van der Waals surface area contributed by atoms with Gasteiger partial charge in [-0.2, -0.15) is 0 Å². The van der Waals surface area contributed by atoms with Crippen LogP contribution in [0.3, 0.4) is 0 Å². The fourth-order valence-electron chi connectivity index (χ4n) is 3.42. The average molecular weight is 524 g/mol. The number of carbonyl (C=O) groups excluding carboxylic acids is 2. The number of hydrogen-bond acceptors (Lipinski definition) is 7. The van der Waals surface area contributed by atoms with E-state index >= 15 is 0 Å². The van der Waals surface area contributed by atoms with Crippen molar-refractivity contribution in [1.82, 2.24) is 24.9 Å². The van der Waals surface area contributed by atoms with Gasteiger partial charge in [0.05, 0.1) is 31.1 Å². The molecular formula is C24H19ClFN7O4. The van der Waals surface area contributed by atoms with Crippen LogP contribution >= 0.6 is 11.6 Å². The summed E-state index contributed by atoms with van der Waals surface area (Å²) >= 11 is 5.89. The first-order chi connectivity index (χ1) is 17.8. The summed E-state index contributed by atoms with van der Waals surface area (Å²) in [6, 6.07) is 13.3. The van der Waals surface area contributed by atoms with Gasteiger partial charge in [0.15, 0.2) is 17.3 Å². The molecule has 2 aromatic heterocycles. The number of urea groups is 1. The minimum Gasteiger partial charge on any atom is -0.454 e. The van der Waals surface area contributed by atoms with E-state index in [2.05, 4.69) is 25.9 Å². The molecule has 1 fully saturated rings. The van der Waals surface area contributed by atoms with Crippen LogP contribution in [0, 0.1) is 5.82 Å². The maximum Gasteiger partial charge on any atom is 0.323 e. The quantitative estimate of drug-likeness (QED) is 0.350. The van der Waals surface area contributed by atoms with Crippen molar-refractivity contribution in [2.45, 2.75) is 6.10 Å². The Morgan fingerprint density at radius 2 is 1.86 bits per heavy atom. The van der Waals surface area contributed by atoms with E-state index in [1.165, 1.54) is 46.2 Å². The van der Waals surface area contributed by atoms with Gasteiger partial charge in [0.25, 0.3) is 5.91 Å². The number of aromatic nitrogens is 4. The number of likely N-dealkylation sites (tertiary alicyclic amines) is 1. The van der Waals surface area contributed by atoms with Gasteiger partial charge >= 0.3 is 6.03 Å². The van der Waals surface area contributed by atoms with Gasteiger partial charge in [0.2, 0.25) is 0 Å². The highest BCUT2D eigenvalue weighted by Gasteiger charge is 2.29. The number of halogens is 2. The Labute approximate surface area is 214 Å². The summed E-state index contributed by atoms with van der Waals surface area (Å²) in [6.45, 7) is 0.494. The molecule has 0 radical (unpaired) electrons. The van der Waals surface area contributed by atoms with Gasteiger partial charge in [-0.3, -0.25) is 10.1 Å². The van der Waals surface area contributed by atoms with Crippen molar-refractivity contribution in [2.75, 3.05) is 23.7 Å². The lowest BCUT2D eigenvalue weighted by Gasteiger charge is -2.35. The summed E-state index contributed by atoms with van der Waals surface area (Å²) in [4.78, 5) is 30.1. The molecule has 3 heterocycles. The van der Waals surface area contributed by atoms with Crippen molar-refractivity contribution in [3.63, 3.8) is 0 Å². The van der Waals surface area contributed by atoms with Crippen LogP contribution in [0.15, 0.2) is 67.0 Å². The third kappa shape index (κ3) is 5.66. The number of amides is 3. The largest absolute Gasteiger partial charge is 0.454 e. The van der Waals surface area contributed by atoms with Gasteiger partial charge in [0, 0.05) is 29.0 Å². The average Bonchev–Trinajstić information content (AvgIpc) is 3.35. The number of β-amino-alcohol motifs (C(OH)–C–C–N with tert-alkyl or cyclic N) is 1. The minimum atomic E-state index is -0.723. The molecule has 1 aliphatic rings. The molecule has 13 heteroatoms. The van der Waals surface area contributed by atoms with Crippen molar-refractivity contribution in [2.24, 2.45) is 0 Å². The van der Waals surface area contributed by atoms with Gasteiger partial charge in [-0.05, 0) is 42.5 Å². The van der Waals surface area contributed by atoms with Crippen LogP contribution in [-0.2, 0) is 0 Å². The number of pyridine rings is 1. The Morgan fingerprint density at radius 1 is 1.08 bits per heavy atom. The topological polar surface area (TPSA) is 134 Å². The van der Waals surface area contributed by atoms with E-state index < -0.39 is 23.9 Å². The standard InChI is InChI=1S/C24H19ClFN7O4/c25-14-1-4-16(5-2-14)33-13-20(30-31-33)23(35)28-15-3-6-21(19(26)9-15)37-18-7-8-27-22(10-18)29-24(36)32-11-17(34)12-32/h1-10,13,17,34H,11-12H2,(H,28,35)(H,27,29,36). The Kier molecular flexibility index (Phi) is 6.66. The number of hydrogen-bond donors (Lipinski definition) is 3. The Morgan fingerprint density at radius 3 is 2.59 bits per heavy atom. The summed E-state index contributed by atoms with van der Waals surface area (Å²) in [5, 5.41) is 22.8. The Hall–Kier alpha value is -4.55. The summed E-state index contributed by atoms with van der Waals surface area (Å²) in [5.74, 6) is -0.943. The van der Waals surface area contributed by atoms with E-state index in [9.17, 15) is 19.1 Å². The van der Waals surface area contributed by atoms with Crippen LogP contribution in [-0.4, -0.2) is 61.1 Å². The molecule has 0 spiro atoms. The van der Waals surface area contributed by atoms with Crippen LogP contribution in [0.4, 0.5) is 20.7 Å². The van der Waals surface area contributed by atoms with Crippen molar-refractivity contribution < 1.29 is 23.8 Å². The second kappa shape index (κ2) is 10.2. The normalized spacial score (nSPS) is 13.1. The van der Waals surface area contributed by atoms with E-state index in [0.29, 0.717) is 10.7 Å². The molecule has 0 saturated carbocycles. The minimum absolute atomic E-state index is 0.0368. The Balaban J connectivity index is 1.21. The molecule has 188 valence electrons. The maximum atomic E-state index is 14.7. The molecule has 3 amide bonds. The van der Waals surface area contributed by atoms with E-state index in [0.717, 1.165) is 6.07 Å². The third-order valence-corrected chi connectivity index (χ3v) is 5.60. The fraction of sp³-hybridized carbons (Fsp3) is 0.125. The molecule has 11 nitrogen and oxygen atoms in total. The van der Waals surface area contributed by atoms with Crippen molar-refractivity contribution in [3.05, 3.63) is 83.5 Å². The fourth-order valence-corrected chi connectivity index (χ4v) is 3.55. The number of nitrogens with zero attached hydrogens (tertiary/aromatic N) is 5. The number of carbonyl (C=O) groups is 2. The molecule has 4 aromatic rings. The second-order valence-corrected chi connectivity index (χ2v) is 8.53. The predicted molar refractivity (Wildman–Crippen MR) is 132 cm³/mol. The molecule has 1 aliphatic heterocycles. The highest BCUT2D eigenvalue weighted by molar-refractivity contribution is 6.30. The molecule has 37 heavy (non-hydrogen) atoms. The molecular weight excluding hydrogens is 505 g/mol. The molecule has 3 N–H and O–H groups in total. The van der Waals surface area contributed by atoms with Crippen molar-refractivity contribution >= 4 is 35.0 Å². The van der Waals surface area contributed by atoms with E-state index in [1.54, 1.807) is 24.3 Å². The zero-order valence-corrected chi connectivity index (χ0v) is 19.8. The predicted octanol–water partition coefficient (Wildman–Crippen LogP) is 3.71. The van der Waals surface area contributed by atoms with Crippen molar-refractivity contribution in [1.29, 1.82) is 0 Å². The number of rotatable bonds is 6. The molecule has 2 aromatic carbocycles. The van der Waals surface area contributed by atoms with Gasteiger partial charge in [-0.1, -0.05) is 16.8 Å². The molecule has 0 bridgehead atoms. The van der Waals surface area contributed by atoms with E-state index in [1.807, 2.05) is 0 Å². The van der Waals surface area contributed by atoms with Crippen LogP contribution in [0.2, 0.25) is 5.02 Å². The molecule has 0 unspecified atom stereocenters. The Bertz CT molecular complexity index is 1460. The molecule has 5 rings (SSSR count). The molecule has 0 aliphatic carbocycles. The van der Waals surface area contributed by atoms with E-state index in [4.69, 9.17) is 16.3 Å². The maximum absolute atomic E-state index is 14.7. The number of benzene rings is 2. The lowest BCUT2D eigenvalue weighted by molar-refractivity contribution is 0.0308. The van der Waals surface area contributed by atoms with Crippen LogP contribution in [0.1, 0.15) is 10.5 Å². The van der Waals surface area contributed by atoms with Gasteiger partial charge in [-0.25, -0.2) is 18.9 Å². The molecule has 1 saturated heterocycles. The summed E-state index contributed by atoms with van der Waals surface area (Å²) in [7, 11) is 0. The molecule has 0 atom stereocenters. The summed E-state index contributed by atoms with van der Waals surface area (Å²) in [6.07, 6.45) is 2.32. The summed E-state index contributed by atoms with van der Waals surface area (Å²) < 4.78 is 21.7. The number of anilines is 2. The smallest absolute Gasteiger partial charge is 0.323 e. The SMILES string of the molecule is O=C(Nc1ccc(Oc2ccnc(NC(=O)N3CC(O)C3)c2)c(F)c1)c1cn(-c2ccc(Cl)cc2)nn1. The monoisotopic (exact) mass is 523 g/mol. The van der Waals surface area contributed by atoms with Crippen molar-refractivity contribution in [3.8, 4) is 17.2 Å². The summed E-state index contributed by atoms with van der Waals surface area (Å²) in [5.41, 5.74) is 0.895. The van der Waals surface area contributed by atoms with E-state index in [-0.39, 0.29) is 41.8 Å². The lowest BCUT2D eigenvalue weighted by atomic mass is 10.2. The first-order valence-corrected chi connectivity index (χ1v) is 11.4. The zero-order valence-electron chi connectivity index (χ0n) is 19.0. The van der Waals surface area contributed by atoms with Gasteiger partial charge in [-0.15, -0.1) is 5.10 Å². The number of aliphatic hydroxyl groups excluding tert-OH is 1. The highest BCUT2D eigenvalue weighted by Crippen LogP contribution is 2.28. The first-order valence-electron chi connectivity index (χ1n) is 11.0. The van der Waals surface area contributed by atoms with Crippen LogP contribution in [0.5, 0.6) is 11.5 Å². The number of ether oxygens (including phenoxy) is 1. The lowest BCUT2D eigenvalue weighted by Crippen LogP contribution is -2.54. The van der Waals surface area contributed by atoms with Crippen LogP contribution < -0.4 is 15.4 Å². The third-order valence-electron chi connectivity index (χ3n) is 5.35. The number of aliphatic hydroxyl groups is 1. The van der Waals surface area contributed by atoms with Crippen LogP contribution in [0.25, 0.3) is 5.69 Å². The second-order valence-electron chi connectivity index (χ2n) is 8.09.